The highest BCUT2D eigenvalue weighted by atomic mass is 28.4. The molecule has 0 rings (SSSR count). The first-order valence-electron chi connectivity index (χ1n) is 15.9. The molecule has 0 aliphatic carbocycles. The molecule has 0 saturated heterocycles. The number of hydrogen-bond acceptors (Lipinski definition) is 3. The van der Waals surface area contributed by atoms with Gasteiger partial charge in [0.25, 0.3) is 0 Å². The van der Waals surface area contributed by atoms with Gasteiger partial charge < -0.3 is 13.8 Å². The van der Waals surface area contributed by atoms with E-state index in [1.54, 1.807) is 0 Å². The van der Waals surface area contributed by atoms with E-state index in [0.717, 1.165) is 6.04 Å². The van der Waals surface area contributed by atoms with Gasteiger partial charge in [-0.15, -0.1) is 0 Å². The van der Waals surface area contributed by atoms with E-state index in [1.165, 1.54) is 161 Å². The van der Waals surface area contributed by atoms with Crippen molar-refractivity contribution in [2.75, 3.05) is 33.9 Å². The largest absolute Gasteiger partial charge is 0.398 e. The van der Waals surface area contributed by atoms with Crippen LogP contribution in [-0.4, -0.2) is 47.3 Å². The number of hydrogen-bond donors (Lipinski definition) is 0. The zero-order chi connectivity index (χ0) is 25.9. The molecule has 0 atom stereocenters. The van der Waals surface area contributed by atoms with Gasteiger partial charge in [0.2, 0.25) is 0 Å². The molecule has 0 aliphatic rings. The van der Waals surface area contributed by atoms with Crippen molar-refractivity contribution < 1.29 is 8.85 Å². The summed E-state index contributed by atoms with van der Waals surface area (Å²) in [4.78, 5) is 2.77. The SMILES string of the molecule is CCCCCCCCCCCCN(CCCCCCCCCCCC)CCCC[Si](C)(OC)OC. The molecule has 0 aromatic rings. The molecule has 0 aliphatic heterocycles. The molecule has 0 N–H and O–H groups in total. The monoisotopic (exact) mass is 513 g/mol. The van der Waals surface area contributed by atoms with Crippen molar-refractivity contribution in [1.82, 2.24) is 4.90 Å². The average molecular weight is 514 g/mol. The Hall–Kier alpha value is 0.0969. The zero-order valence-electron chi connectivity index (χ0n) is 25.1. The first-order valence-corrected chi connectivity index (χ1v) is 18.5. The number of nitrogens with zero attached hydrogens (tertiary/aromatic N) is 1. The summed E-state index contributed by atoms with van der Waals surface area (Å²) < 4.78 is 11.3. The van der Waals surface area contributed by atoms with E-state index in [9.17, 15) is 0 Å². The van der Waals surface area contributed by atoms with Crippen molar-refractivity contribution in [2.24, 2.45) is 0 Å². The Balaban J connectivity index is 4.01. The van der Waals surface area contributed by atoms with Crippen molar-refractivity contribution in [1.29, 1.82) is 0 Å². The van der Waals surface area contributed by atoms with Gasteiger partial charge in [-0.2, -0.15) is 0 Å². The summed E-state index contributed by atoms with van der Waals surface area (Å²) in [6.45, 7) is 10.7. The first kappa shape index (κ1) is 35.1. The van der Waals surface area contributed by atoms with Crippen molar-refractivity contribution >= 4 is 8.56 Å². The van der Waals surface area contributed by atoms with E-state index in [2.05, 4.69) is 25.3 Å². The third-order valence-corrected chi connectivity index (χ3v) is 10.9. The summed E-state index contributed by atoms with van der Waals surface area (Å²) in [5.74, 6) is 0. The van der Waals surface area contributed by atoms with Gasteiger partial charge in [0.05, 0.1) is 0 Å². The molecular formula is C31H67NO2Si. The molecule has 4 heteroatoms. The van der Waals surface area contributed by atoms with Crippen LogP contribution in [-0.2, 0) is 8.85 Å². The molecule has 0 radical (unpaired) electrons. The molecule has 0 spiro atoms. The lowest BCUT2D eigenvalue weighted by Crippen LogP contribution is -2.36. The van der Waals surface area contributed by atoms with Crippen molar-refractivity contribution in [3.05, 3.63) is 0 Å². The fourth-order valence-electron chi connectivity index (χ4n) is 5.05. The van der Waals surface area contributed by atoms with Gasteiger partial charge >= 0.3 is 8.56 Å². The van der Waals surface area contributed by atoms with Crippen molar-refractivity contribution in [2.45, 2.75) is 168 Å². The maximum Gasteiger partial charge on any atom is 0.334 e. The van der Waals surface area contributed by atoms with E-state index in [4.69, 9.17) is 8.85 Å². The summed E-state index contributed by atoms with van der Waals surface area (Å²) in [6.07, 6.45) is 31.1. The Bertz CT molecular complexity index is 379. The highest BCUT2D eigenvalue weighted by Crippen LogP contribution is 2.17. The smallest absolute Gasteiger partial charge is 0.334 e. The topological polar surface area (TPSA) is 21.7 Å². The van der Waals surface area contributed by atoms with Crippen LogP contribution < -0.4 is 0 Å². The highest BCUT2D eigenvalue weighted by Gasteiger charge is 2.27. The fraction of sp³-hybridized carbons (Fsp3) is 1.00. The quantitative estimate of drug-likeness (QED) is 0.0733. The predicted octanol–water partition coefficient (Wildman–Crippen LogP) is 10.3. The van der Waals surface area contributed by atoms with Gasteiger partial charge in [0, 0.05) is 14.2 Å². The van der Waals surface area contributed by atoms with E-state index < -0.39 is 8.56 Å². The second kappa shape index (κ2) is 27.1. The molecule has 0 bridgehead atoms. The average Bonchev–Trinajstić information content (AvgIpc) is 2.88. The molecule has 0 aromatic heterocycles. The molecular weight excluding hydrogens is 446 g/mol. The van der Waals surface area contributed by atoms with Crippen LogP contribution in [0.2, 0.25) is 12.6 Å². The Labute approximate surface area is 223 Å². The molecule has 0 fully saturated rings. The lowest BCUT2D eigenvalue weighted by atomic mass is 10.1. The molecule has 212 valence electrons. The van der Waals surface area contributed by atoms with Crippen LogP contribution in [0.4, 0.5) is 0 Å². The van der Waals surface area contributed by atoms with Crippen molar-refractivity contribution in [3.8, 4) is 0 Å². The van der Waals surface area contributed by atoms with E-state index >= 15 is 0 Å². The molecule has 0 unspecified atom stereocenters. The second-order valence-corrected chi connectivity index (χ2v) is 14.8. The van der Waals surface area contributed by atoms with Crippen LogP contribution in [0.15, 0.2) is 0 Å². The van der Waals surface area contributed by atoms with Crippen LogP contribution >= 0.6 is 0 Å². The molecule has 3 nitrogen and oxygen atoms in total. The van der Waals surface area contributed by atoms with Gasteiger partial charge in [0.1, 0.15) is 0 Å². The van der Waals surface area contributed by atoms with Crippen LogP contribution in [0.1, 0.15) is 155 Å². The molecule has 0 aromatic carbocycles. The summed E-state index contributed by atoms with van der Waals surface area (Å²) in [5, 5.41) is 0. The van der Waals surface area contributed by atoms with Crippen LogP contribution in [0.5, 0.6) is 0 Å². The van der Waals surface area contributed by atoms with Crippen LogP contribution in [0, 0.1) is 0 Å². The standard InChI is InChI=1S/C31H67NO2Si/c1-6-8-10-12-14-16-18-20-22-24-28-32(30-26-27-31-35(5,33-3)34-4)29-25-23-21-19-17-15-13-11-9-7-2/h6-31H2,1-5H3. The number of rotatable bonds is 29. The normalized spacial score (nSPS) is 12.2. The second-order valence-electron chi connectivity index (χ2n) is 11.2. The maximum absolute atomic E-state index is 5.67. The zero-order valence-corrected chi connectivity index (χ0v) is 26.1. The summed E-state index contributed by atoms with van der Waals surface area (Å²) in [6, 6.07) is 1.12. The Kier molecular flexibility index (Phi) is 27.2. The minimum Gasteiger partial charge on any atom is -0.398 e. The molecule has 35 heavy (non-hydrogen) atoms. The van der Waals surface area contributed by atoms with Gasteiger partial charge in [-0.05, 0) is 51.5 Å². The molecule has 0 amide bonds. The van der Waals surface area contributed by atoms with E-state index in [-0.39, 0.29) is 0 Å². The lowest BCUT2D eigenvalue weighted by Gasteiger charge is -2.25. The van der Waals surface area contributed by atoms with E-state index in [0.29, 0.717) is 0 Å². The predicted molar refractivity (Wildman–Crippen MR) is 160 cm³/mol. The molecule has 0 saturated carbocycles. The van der Waals surface area contributed by atoms with Gasteiger partial charge in [0.15, 0.2) is 0 Å². The van der Waals surface area contributed by atoms with E-state index in [1.807, 2.05) is 14.2 Å². The Morgan fingerprint density at radius 1 is 0.429 bits per heavy atom. The Morgan fingerprint density at radius 2 is 0.714 bits per heavy atom. The minimum absolute atomic E-state index is 1.12. The number of unbranched alkanes of at least 4 members (excludes halogenated alkanes) is 19. The van der Waals surface area contributed by atoms with Crippen LogP contribution in [0.25, 0.3) is 0 Å². The summed E-state index contributed by atoms with van der Waals surface area (Å²) in [7, 11) is 1.74. The highest BCUT2D eigenvalue weighted by molar-refractivity contribution is 6.65. The minimum atomic E-state index is -1.90. The van der Waals surface area contributed by atoms with Gasteiger partial charge in [-0.1, -0.05) is 136 Å². The maximum atomic E-state index is 5.67. The van der Waals surface area contributed by atoms with Crippen LogP contribution in [0.3, 0.4) is 0 Å². The third kappa shape index (κ3) is 24.2. The lowest BCUT2D eigenvalue weighted by molar-refractivity contribution is 0.240. The first-order chi connectivity index (χ1) is 17.1. The third-order valence-electron chi connectivity index (χ3n) is 7.87. The summed E-state index contributed by atoms with van der Waals surface area (Å²) in [5.41, 5.74) is 0. The summed E-state index contributed by atoms with van der Waals surface area (Å²) >= 11 is 0. The van der Waals surface area contributed by atoms with Crippen molar-refractivity contribution in [3.63, 3.8) is 0 Å². The molecule has 0 heterocycles. The Morgan fingerprint density at radius 3 is 1.03 bits per heavy atom. The van der Waals surface area contributed by atoms with Gasteiger partial charge in [-0.25, -0.2) is 0 Å². The fourth-order valence-corrected chi connectivity index (χ4v) is 6.52. The van der Waals surface area contributed by atoms with Gasteiger partial charge in [-0.3, -0.25) is 0 Å².